The van der Waals surface area contributed by atoms with E-state index in [9.17, 15) is 19.2 Å². The van der Waals surface area contributed by atoms with Crippen molar-refractivity contribution in [2.45, 2.75) is 83.2 Å². The van der Waals surface area contributed by atoms with E-state index in [0.29, 0.717) is 11.5 Å². The maximum Gasteiger partial charge on any atom is 0.331 e. The molecule has 14 heteroatoms. The van der Waals surface area contributed by atoms with Crippen LogP contribution in [0.1, 0.15) is 56.4 Å². The zero-order chi connectivity index (χ0) is 39.4. The molecule has 2 saturated heterocycles. The normalized spacial score (nSPS) is 15.7. The first-order valence-electron chi connectivity index (χ1n) is 18.0. The van der Waals surface area contributed by atoms with Crippen LogP contribution in [-0.4, -0.2) is 94.7 Å². The quantitative estimate of drug-likeness (QED) is 0.0823. The molecule has 296 valence electrons. The van der Waals surface area contributed by atoms with E-state index in [4.69, 9.17) is 28.4 Å². The summed E-state index contributed by atoms with van der Waals surface area (Å²) in [6.45, 7) is 15.2. The Morgan fingerprint density at radius 2 is 1.04 bits per heavy atom. The average Bonchev–Trinajstić information content (AvgIpc) is 3.83. The van der Waals surface area contributed by atoms with Crippen molar-refractivity contribution in [1.82, 2.24) is 0 Å². The maximum absolute atomic E-state index is 12.6. The molecule has 0 bridgehead atoms. The summed E-state index contributed by atoms with van der Waals surface area (Å²) in [7, 11) is 0. The molecule has 0 amide bonds. The predicted octanol–water partition coefficient (Wildman–Crippen LogP) is 7.88. The number of ether oxygens (including phenoxy) is 6. The van der Waals surface area contributed by atoms with Crippen molar-refractivity contribution in [2.24, 2.45) is 5.92 Å². The highest BCUT2D eigenvalue weighted by Gasteiger charge is 2.29. The van der Waals surface area contributed by atoms with E-state index in [1.807, 2.05) is 65.8 Å². The van der Waals surface area contributed by atoms with E-state index >= 15 is 0 Å². The first kappa shape index (κ1) is 43.8. The smallest absolute Gasteiger partial charge is 0.331 e. The number of benzene rings is 2. The molecule has 0 N–H and O–H groups in total. The van der Waals surface area contributed by atoms with Crippen LogP contribution in [0.5, 0.6) is 11.5 Å². The summed E-state index contributed by atoms with van der Waals surface area (Å²) in [6, 6.07) is 8.16. The number of thioether (sulfide) groups is 4. The third-order valence-electron chi connectivity index (χ3n) is 8.09. The van der Waals surface area contributed by atoms with E-state index in [0.717, 1.165) is 62.0 Å². The Hall–Kier alpha value is -2.94. The lowest BCUT2D eigenvalue weighted by molar-refractivity contribution is -0.160. The molecule has 2 heterocycles. The number of rotatable bonds is 18. The minimum absolute atomic E-state index is 0.0112. The number of aryl methyl sites for hydroxylation is 4. The second kappa shape index (κ2) is 21.4. The third-order valence-corrected chi connectivity index (χ3v) is 14.0. The second-order valence-corrected chi connectivity index (χ2v) is 19.3. The van der Waals surface area contributed by atoms with Crippen LogP contribution in [0.3, 0.4) is 0 Å². The molecule has 54 heavy (non-hydrogen) atoms. The Morgan fingerprint density at radius 1 is 0.648 bits per heavy atom. The number of esters is 4. The van der Waals surface area contributed by atoms with E-state index in [-0.39, 0.29) is 65.8 Å². The van der Waals surface area contributed by atoms with Gasteiger partial charge in [0, 0.05) is 35.5 Å². The van der Waals surface area contributed by atoms with Gasteiger partial charge in [-0.1, -0.05) is 19.4 Å². The van der Waals surface area contributed by atoms with Gasteiger partial charge in [-0.25, -0.2) is 14.4 Å². The fraction of sp³-hybridized carbons (Fsp3) is 0.550. The van der Waals surface area contributed by atoms with Gasteiger partial charge in [0.2, 0.25) is 0 Å². The zero-order valence-electron chi connectivity index (χ0n) is 32.4. The minimum atomic E-state index is -0.791. The molecular formula is C40H52O10S4. The van der Waals surface area contributed by atoms with Gasteiger partial charge < -0.3 is 28.4 Å². The first-order valence-corrected chi connectivity index (χ1v) is 22.2. The van der Waals surface area contributed by atoms with Gasteiger partial charge in [0.05, 0.1) is 0 Å². The van der Waals surface area contributed by atoms with Crippen molar-refractivity contribution >= 4 is 70.9 Å². The highest BCUT2D eigenvalue weighted by molar-refractivity contribution is 8.21. The van der Waals surface area contributed by atoms with Gasteiger partial charge in [0.15, 0.2) is 12.2 Å². The van der Waals surface area contributed by atoms with Crippen LogP contribution in [0.25, 0.3) is 11.1 Å². The monoisotopic (exact) mass is 820 g/mol. The van der Waals surface area contributed by atoms with Gasteiger partial charge >= 0.3 is 23.9 Å². The summed E-state index contributed by atoms with van der Waals surface area (Å²) >= 11 is 6.23. The van der Waals surface area contributed by atoms with Crippen LogP contribution in [0.2, 0.25) is 0 Å². The fourth-order valence-electron chi connectivity index (χ4n) is 5.75. The lowest BCUT2D eigenvalue weighted by Gasteiger charge is -2.22. The van der Waals surface area contributed by atoms with Gasteiger partial charge in [-0.2, -0.15) is 0 Å². The van der Waals surface area contributed by atoms with E-state index in [2.05, 4.69) is 0 Å². The molecular weight excluding hydrogens is 769 g/mol. The zero-order valence-corrected chi connectivity index (χ0v) is 35.6. The lowest BCUT2D eigenvalue weighted by Crippen LogP contribution is -2.32. The van der Waals surface area contributed by atoms with Crippen LogP contribution >= 0.6 is 47.0 Å². The van der Waals surface area contributed by atoms with Crippen LogP contribution in [0.4, 0.5) is 0 Å². The molecule has 2 aliphatic heterocycles. The van der Waals surface area contributed by atoms with E-state index < -0.39 is 18.2 Å². The summed E-state index contributed by atoms with van der Waals surface area (Å²) in [5, 5.41) is 0. The van der Waals surface area contributed by atoms with Gasteiger partial charge in [-0.05, 0) is 105 Å². The Labute approximate surface area is 336 Å². The van der Waals surface area contributed by atoms with Crippen molar-refractivity contribution < 1.29 is 47.6 Å². The summed E-state index contributed by atoms with van der Waals surface area (Å²) in [4.78, 5) is 50.2. The van der Waals surface area contributed by atoms with Gasteiger partial charge in [-0.3, -0.25) is 4.79 Å². The topological polar surface area (TPSA) is 124 Å². The number of carbonyl (C=O) groups is 4. The van der Waals surface area contributed by atoms with Crippen LogP contribution in [-0.2, 0) is 38.1 Å². The van der Waals surface area contributed by atoms with Crippen molar-refractivity contribution in [3.63, 3.8) is 0 Å². The molecule has 2 atom stereocenters. The molecule has 0 aliphatic carbocycles. The molecule has 0 spiro atoms. The Balaban J connectivity index is 1.43. The maximum atomic E-state index is 12.6. The molecule has 2 unspecified atom stereocenters. The number of carbonyl (C=O) groups excluding carboxylic acids is 4. The van der Waals surface area contributed by atoms with Crippen molar-refractivity contribution in [2.75, 3.05) is 49.4 Å². The first-order chi connectivity index (χ1) is 25.7. The molecule has 2 aromatic rings. The van der Waals surface area contributed by atoms with E-state index in [1.165, 1.54) is 6.08 Å². The van der Waals surface area contributed by atoms with Crippen molar-refractivity contribution in [1.29, 1.82) is 0 Å². The Kier molecular flexibility index (Phi) is 17.3. The number of allylic oxidation sites excluding steroid dienone is 1. The van der Waals surface area contributed by atoms with Gasteiger partial charge in [0.1, 0.15) is 47.1 Å². The number of hydrogen-bond acceptors (Lipinski definition) is 14. The van der Waals surface area contributed by atoms with Gasteiger partial charge in [-0.15, -0.1) is 47.0 Å². The SMILES string of the molecule is CC(C)=CC(=O)OC(COC(=O)C1SCCS1)COc1c(C)cc(-c2cc(C)c(OCC(COC(=O)C3SCCS3)OC(=O)CC(C)C)c(C)c2)cc1C. The Morgan fingerprint density at radius 3 is 1.41 bits per heavy atom. The summed E-state index contributed by atoms with van der Waals surface area (Å²) < 4.78 is 34.4. The van der Waals surface area contributed by atoms with Gasteiger partial charge in [0.25, 0.3) is 0 Å². The molecule has 2 fully saturated rings. The molecule has 10 nitrogen and oxygen atoms in total. The minimum Gasteiger partial charge on any atom is -0.489 e. The largest absolute Gasteiger partial charge is 0.489 e. The highest BCUT2D eigenvalue weighted by atomic mass is 32.2. The molecule has 2 aliphatic rings. The second-order valence-electron chi connectivity index (χ2n) is 13.9. The molecule has 0 radical (unpaired) electrons. The van der Waals surface area contributed by atoms with Crippen LogP contribution in [0, 0.1) is 33.6 Å². The van der Waals surface area contributed by atoms with Crippen molar-refractivity contribution in [3.8, 4) is 22.6 Å². The molecule has 0 saturated carbocycles. The van der Waals surface area contributed by atoms with Crippen LogP contribution < -0.4 is 9.47 Å². The standard InChI is InChI=1S/C40H52O10S4/c1-23(2)13-33(41)49-31(21-47-37(43)39-51-9-10-52-39)19-45-35-25(5)15-29(16-26(35)6)30-17-27(7)36(28(8)18-30)46-20-32(50-34(42)14-24(3)4)22-48-38(44)40-53-11-12-54-40/h13,15-18,24,31-32,39-40H,9-12,14,19-22H2,1-8H3. The van der Waals surface area contributed by atoms with Crippen LogP contribution in [0.15, 0.2) is 35.9 Å². The lowest BCUT2D eigenvalue weighted by atomic mass is 9.96. The summed E-state index contributed by atoms with van der Waals surface area (Å²) in [5.41, 5.74) is 6.34. The molecule has 0 aromatic heterocycles. The van der Waals surface area contributed by atoms with E-state index in [1.54, 1.807) is 60.9 Å². The molecule has 4 rings (SSSR count). The molecule has 2 aromatic carbocycles. The number of hydrogen-bond donors (Lipinski definition) is 0. The summed E-state index contributed by atoms with van der Waals surface area (Å²) in [5.74, 6) is 3.55. The fourth-order valence-corrected chi connectivity index (χ4v) is 10.9. The third kappa shape index (κ3) is 13.7. The average molecular weight is 821 g/mol. The Bertz CT molecular complexity index is 1610. The summed E-state index contributed by atoms with van der Waals surface area (Å²) in [6.07, 6.45) is 0.116. The van der Waals surface area contributed by atoms with Crippen molar-refractivity contribution in [3.05, 3.63) is 58.2 Å². The highest BCUT2D eigenvalue weighted by Crippen LogP contribution is 2.36. The predicted molar refractivity (Wildman–Crippen MR) is 220 cm³/mol.